The van der Waals surface area contributed by atoms with E-state index in [9.17, 15) is 14.4 Å². The molecule has 2 N–H and O–H groups in total. The summed E-state index contributed by atoms with van der Waals surface area (Å²) < 4.78 is 0. The van der Waals surface area contributed by atoms with Crippen molar-refractivity contribution >= 4 is 29.4 Å². The summed E-state index contributed by atoms with van der Waals surface area (Å²) in [7, 11) is 0. The Morgan fingerprint density at radius 2 is 1.39 bits per heavy atom. The van der Waals surface area contributed by atoms with Crippen LogP contribution >= 0.6 is 0 Å². The van der Waals surface area contributed by atoms with Crippen molar-refractivity contribution in [1.82, 2.24) is 0 Å². The molecule has 23 heavy (non-hydrogen) atoms. The summed E-state index contributed by atoms with van der Waals surface area (Å²) in [5.41, 5.74) is 2.83. The Kier molecular flexibility index (Phi) is 3.76. The van der Waals surface area contributed by atoms with Crippen LogP contribution in [0.1, 0.15) is 27.6 Å². The highest BCUT2D eigenvalue weighted by Gasteiger charge is 2.29. The molecule has 5 nitrogen and oxygen atoms in total. The molecule has 1 aliphatic carbocycles. The Hall–Kier alpha value is -3.21. The third kappa shape index (κ3) is 2.64. The minimum Gasteiger partial charge on any atom is -0.352 e. The number of rotatable bonds is 4. The monoisotopic (exact) mass is 306 g/mol. The lowest BCUT2D eigenvalue weighted by Crippen LogP contribution is -2.24. The molecule has 0 radical (unpaired) electrons. The topological polar surface area (TPSA) is 75.3 Å². The molecule has 0 fully saturated rings. The average molecular weight is 306 g/mol. The first-order valence-electron chi connectivity index (χ1n) is 7.08. The minimum absolute atomic E-state index is 0.151. The van der Waals surface area contributed by atoms with Crippen LogP contribution in [0, 0.1) is 0 Å². The fraction of sp³-hybridized carbons (Fsp3) is 0.0556. The van der Waals surface area contributed by atoms with Gasteiger partial charge in [-0.3, -0.25) is 14.4 Å². The zero-order valence-electron chi connectivity index (χ0n) is 12.4. The van der Waals surface area contributed by atoms with Crippen molar-refractivity contribution in [2.24, 2.45) is 0 Å². The summed E-state index contributed by atoms with van der Waals surface area (Å²) in [4.78, 5) is 35.4. The lowest BCUT2D eigenvalue weighted by molar-refractivity contribution is -0.105. The fourth-order valence-electron chi connectivity index (χ4n) is 2.51. The smallest absolute Gasteiger partial charge is 0.211 e. The molecule has 2 aromatic rings. The van der Waals surface area contributed by atoms with E-state index in [1.54, 1.807) is 55.5 Å². The van der Waals surface area contributed by atoms with E-state index in [1.165, 1.54) is 0 Å². The van der Waals surface area contributed by atoms with Crippen LogP contribution in [0.5, 0.6) is 0 Å². The van der Waals surface area contributed by atoms with Crippen molar-refractivity contribution in [3.63, 3.8) is 0 Å². The Balaban J connectivity index is 1.93. The van der Waals surface area contributed by atoms with Gasteiger partial charge in [-0.1, -0.05) is 24.3 Å². The van der Waals surface area contributed by atoms with Crippen LogP contribution in [0.4, 0.5) is 11.4 Å². The zero-order valence-corrected chi connectivity index (χ0v) is 12.4. The largest absolute Gasteiger partial charge is 0.352 e. The van der Waals surface area contributed by atoms with E-state index in [2.05, 4.69) is 10.6 Å². The van der Waals surface area contributed by atoms with Crippen LogP contribution in [0.25, 0.3) is 0 Å². The number of nitrogens with one attached hydrogen (secondary N) is 2. The third-order valence-electron chi connectivity index (χ3n) is 3.74. The maximum atomic E-state index is 12.6. The van der Waals surface area contributed by atoms with Gasteiger partial charge in [-0.2, -0.15) is 0 Å². The first-order valence-corrected chi connectivity index (χ1v) is 7.08. The molecule has 0 saturated carbocycles. The van der Waals surface area contributed by atoms with E-state index >= 15 is 0 Å². The predicted octanol–water partition coefficient (Wildman–Crippen LogP) is 3.02. The van der Waals surface area contributed by atoms with Gasteiger partial charge in [0.25, 0.3) is 0 Å². The Labute approximate surface area is 133 Å². The summed E-state index contributed by atoms with van der Waals surface area (Å²) in [6.07, 6.45) is 0.593. The average Bonchev–Trinajstić information content (AvgIpc) is 2.58. The van der Waals surface area contributed by atoms with Gasteiger partial charge in [0.05, 0.1) is 5.70 Å². The number of fused-ring (bicyclic) bond motifs is 1. The van der Waals surface area contributed by atoms with E-state index < -0.39 is 0 Å². The second-order valence-corrected chi connectivity index (χ2v) is 5.17. The van der Waals surface area contributed by atoms with Crippen molar-refractivity contribution in [2.75, 3.05) is 10.6 Å². The maximum Gasteiger partial charge on any atom is 0.211 e. The molecule has 0 bridgehead atoms. The molecule has 1 amide bonds. The van der Waals surface area contributed by atoms with Crippen LogP contribution in [0.15, 0.2) is 59.8 Å². The van der Waals surface area contributed by atoms with Gasteiger partial charge in [0.1, 0.15) is 0 Å². The highest BCUT2D eigenvalue weighted by atomic mass is 16.1. The number of hydrogen-bond donors (Lipinski definition) is 2. The summed E-state index contributed by atoms with van der Waals surface area (Å²) in [5, 5.41) is 5.55. The van der Waals surface area contributed by atoms with Crippen LogP contribution in [-0.2, 0) is 4.79 Å². The molecule has 3 rings (SSSR count). The molecule has 2 aromatic carbocycles. The van der Waals surface area contributed by atoms with Crippen LogP contribution in [0.3, 0.4) is 0 Å². The number of allylic oxidation sites excluding steroid dienone is 2. The molecule has 0 spiro atoms. The van der Waals surface area contributed by atoms with Crippen molar-refractivity contribution < 1.29 is 14.4 Å². The van der Waals surface area contributed by atoms with Gasteiger partial charge >= 0.3 is 0 Å². The summed E-state index contributed by atoms with van der Waals surface area (Å²) in [5.74, 6) is -0.352. The van der Waals surface area contributed by atoms with Crippen LogP contribution < -0.4 is 10.6 Å². The van der Waals surface area contributed by atoms with Gasteiger partial charge in [0.2, 0.25) is 12.2 Å². The van der Waals surface area contributed by atoms with Gasteiger partial charge < -0.3 is 10.6 Å². The fourth-order valence-corrected chi connectivity index (χ4v) is 2.51. The molecule has 114 valence electrons. The second kappa shape index (κ2) is 5.88. The highest BCUT2D eigenvalue weighted by molar-refractivity contribution is 6.27. The SMILES string of the molecule is CC1=C(Nc2ccc(NC=O)cc2)C(=O)c2ccccc2C1=O. The van der Waals surface area contributed by atoms with Gasteiger partial charge in [0.15, 0.2) is 5.78 Å². The van der Waals surface area contributed by atoms with Crippen LogP contribution in [-0.4, -0.2) is 18.0 Å². The molecule has 0 saturated heterocycles. The quantitative estimate of drug-likeness (QED) is 0.851. The number of carbonyl (C=O) groups excluding carboxylic acids is 3. The number of hydrogen-bond acceptors (Lipinski definition) is 4. The minimum atomic E-state index is -0.201. The summed E-state index contributed by atoms with van der Waals surface area (Å²) in [6.45, 7) is 1.64. The maximum absolute atomic E-state index is 12.6. The number of anilines is 2. The number of ketones is 2. The van der Waals surface area contributed by atoms with Crippen molar-refractivity contribution in [3.8, 4) is 0 Å². The van der Waals surface area contributed by atoms with Gasteiger partial charge in [-0.25, -0.2) is 0 Å². The summed E-state index contributed by atoms with van der Waals surface area (Å²) >= 11 is 0. The molecular formula is C18H14N2O3. The van der Waals surface area contributed by atoms with E-state index in [1.807, 2.05) is 0 Å². The normalized spacial score (nSPS) is 13.6. The number of benzene rings is 2. The van der Waals surface area contributed by atoms with E-state index in [0.717, 1.165) is 0 Å². The van der Waals surface area contributed by atoms with E-state index in [-0.39, 0.29) is 17.3 Å². The first-order chi connectivity index (χ1) is 11.1. The Morgan fingerprint density at radius 3 is 2.00 bits per heavy atom. The molecule has 0 aromatic heterocycles. The lowest BCUT2D eigenvalue weighted by atomic mass is 9.88. The lowest BCUT2D eigenvalue weighted by Gasteiger charge is -2.20. The predicted molar refractivity (Wildman–Crippen MR) is 87.6 cm³/mol. The summed E-state index contributed by atoms with van der Waals surface area (Å²) in [6, 6.07) is 13.7. The molecule has 0 heterocycles. The van der Waals surface area contributed by atoms with Crippen molar-refractivity contribution in [3.05, 3.63) is 70.9 Å². The van der Waals surface area contributed by atoms with Crippen molar-refractivity contribution in [1.29, 1.82) is 0 Å². The molecule has 5 heteroatoms. The molecule has 0 atom stereocenters. The number of Topliss-reactive ketones (excluding diaryl/α,β-unsaturated/α-hetero) is 2. The number of carbonyl (C=O) groups is 3. The Bertz CT molecular complexity index is 836. The van der Waals surface area contributed by atoms with Gasteiger partial charge in [0, 0.05) is 28.1 Å². The standard InChI is InChI=1S/C18H14N2O3/c1-11-16(20-13-8-6-12(7-9-13)19-10-21)18(23)15-5-3-2-4-14(15)17(11)22/h2-10,20H,1H3,(H,19,21). The highest BCUT2D eigenvalue weighted by Crippen LogP contribution is 2.27. The molecule has 1 aliphatic rings. The number of amides is 1. The molecular weight excluding hydrogens is 292 g/mol. The van der Waals surface area contributed by atoms with Gasteiger partial charge in [-0.15, -0.1) is 0 Å². The second-order valence-electron chi connectivity index (χ2n) is 5.17. The first kappa shape index (κ1) is 14.7. The van der Waals surface area contributed by atoms with Crippen LogP contribution in [0.2, 0.25) is 0 Å². The molecule has 0 unspecified atom stereocenters. The third-order valence-corrected chi connectivity index (χ3v) is 3.74. The molecule has 0 aliphatic heterocycles. The van der Waals surface area contributed by atoms with E-state index in [4.69, 9.17) is 0 Å². The zero-order chi connectivity index (χ0) is 16.4. The van der Waals surface area contributed by atoms with Crippen molar-refractivity contribution in [2.45, 2.75) is 6.92 Å². The Morgan fingerprint density at radius 1 is 0.826 bits per heavy atom. The van der Waals surface area contributed by atoms with E-state index in [0.29, 0.717) is 34.5 Å². The van der Waals surface area contributed by atoms with Gasteiger partial charge in [-0.05, 0) is 31.2 Å².